The maximum Gasteiger partial charge on any atom is 0.309 e. The largest absolute Gasteiger partial charge is 0.469 e. The van der Waals surface area contributed by atoms with E-state index >= 15 is 0 Å². The zero-order chi connectivity index (χ0) is 20.2. The summed E-state index contributed by atoms with van der Waals surface area (Å²) in [6.07, 6.45) is 0. The van der Waals surface area contributed by atoms with Crippen LogP contribution in [0.2, 0.25) is 0 Å². The Morgan fingerprint density at radius 3 is 1.25 bits per heavy atom. The lowest BCUT2D eigenvalue weighted by Crippen LogP contribution is -2.51. The maximum atomic E-state index is 12.7. The van der Waals surface area contributed by atoms with Gasteiger partial charge in [-0.25, -0.2) is 0 Å². The molecule has 0 aromatic heterocycles. The summed E-state index contributed by atoms with van der Waals surface area (Å²) < 4.78 is 21.0. The second-order valence-corrected chi connectivity index (χ2v) is 9.00. The van der Waals surface area contributed by atoms with Crippen molar-refractivity contribution in [2.45, 2.75) is 13.8 Å². The summed E-state index contributed by atoms with van der Waals surface area (Å²) >= 11 is 0. The van der Waals surface area contributed by atoms with Crippen molar-refractivity contribution in [3.8, 4) is 0 Å². The van der Waals surface area contributed by atoms with Gasteiger partial charge in [0.2, 0.25) is 0 Å². The van der Waals surface area contributed by atoms with Gasteiger partial charge in [0.15, 0.2) is 0 Å². The number of methoxy groups -OCH3 is 2. The number of fused-ring (bicyclic) bond motifs is 1. The average Bonchev–Trinajstić information content (AvgIpc) is 3.51. The summed E-state index contributed by atoms with van der Waals surface area (Å²) in [5, 5.41) is 0. The normalized spacial score (nSPS) is 49.9. The second kappa shape index (κ2) is 5.27. The standard InChI is InChI=1S/C20H24O8/c1-7(21)27-5-19-13-11-9(17(23)25-3)10(18(24)26-4)12(14(13)19)16-15(11)20(16,19)6-28-8(2)22/h9-16H,5-6H2,1-4H3/t9-,10+,11?,12?,13+,14-,15+,16-,19?,20?. The third kappa shape index (κ3) is 1.66. The molecule has 8 atom stereocenters. The molecule has 6 aliphatic carbocycles. The molecule has 0 radical (unpaired) electrons. The minimum Gasteiger partial charge on any atom is -0.469 e. The number of esters is 4. The lowest BCUT2D eigenvalue weighted by atomic mass is 9.58. The quantitative estimate of drug-likeness (QED) is 0.473. The molecule has 6 fully saturated rings. The van der Waals surface area contributed by atoms with E-state index in [1.807, 2.05) is 0 Å². The van der Waals surface area contributed by atoms with E-state index in [0.717, 1.165) is 0 Å². The van der Waals surface area contributed by atoms with E-state index in [2.05, 4.69) is 0 Å². The van der Waals surface area contributed by atoms with Gasteiger partial charge in [0.25, 0.3) is 0 Å². The highest BCUT2D eigenvalue weighted by molar-refractivity contribution is 5.85. The van der Waals surface area contributed by atoms with Gasteiger partial charge in [-0.3, -0.25) is 19.2 Å². The third-order valence-corrected chi connectivity index (χ3v) is 8.65. The molecule has 0 aromatic carbocycles. The second-order valence-electron chi connectivity index (χ2n) is 9.00. The number of carbonyl (C=O) groups excluding carboxylic acids is 4. The summed E-state index contributed by atoms with van der Waals surface area (Å²) in [5.41, 5.74) is -0.623. The minimum absolute atomic E-state index is 0.0253. The van der Waals surface area contributed by atoms with Crippen molar-refractivity contribution in [3.63, 3.8) is 0 Å². The van der Waals surface area contributed by atoms with Crippen LogP contribution in [0.4, 0.5) is 0 Å². The highest BCUT2D eigenvalue weighted by atomic mass is 16.5. The van der Waals surface area contributed by atoms with Crippen LogP contribution in [0.1, 0.15) is 13.8 Å². The maximum absolute atomic E-state index is 12.7. The first-order valence-corrected chi connectivity index (χ1v) is 9.72. The van der Waals surface area contributed by atoms with Crippen molar-refractivity contribution in [3.05, 3.63) is 0 Å². The molecular weight excluding hydrogens is 368 g/mol. The number of ether oxygens (including phenoxy) is 4. The van der Waals surface area contributed by atoms with E-state index in [1.165, 1.54) is 28.1 Å². The van der Waals surface area contributed by atoms with Crippen LogP contribution in [0.25, 0.3) is 0 Å². The SMILES string of the molecule is COC(=O)[C@@H]1C2[C@@H]3[C@@H]4C([C@@H]1C(=O)OC)[C@H]1[C@@H]2C1(COC(C)=O)C34COC(C)=O. The Morgan fingerprint density at radius 2 is 1.00 bits per heavy atom. The van der Waals surface area contributed by atoms with E-state index in [1.54, 1.807) is 0 Å². The molecule has 28 heavy (non-hydrogen) atoms. The van der Waals surface area contributed by atoms with E-state index in [0.29, 0.717) is 0 Å². The number of hydrogen-bond acceptors (Lipinski definition) is 8. The fraction of sp³-hybridized carbons (Fsp3) is 0.800. The van der Waals surface area contributed by atoms with Crippen molar-refractivity contribution in [2.75, 3.05) is 27.4 Å². The van der Waals surface area contributed by atoms with Gasteiger partial charge in [-0.05, 0) is 35.5 Å². The molecule has 0 heterocycles. The molecule has 2 bridgehead atoms. The van der Waals surface area contributed by atoms with Gasteiger partial charge in [0, 0.05) is 24.7 Å². The Morgan fingerprint density at radius 1 is 0.679 bits per heavy atom. The molecule has 0 aromatic rings. The Hall–Kier alpha value is -2.12. The molecule has 0 aliphatic heterocycles. The number of carbonyl (C=O) groups is 4. The molecule has 6 saturated carbocycles. The molecule has 6 aliphatic rings. The van der Waals surface area contributed by atoms with Gasteiger partial charge in [0.1, 0.15) is 0 Å². The monoisotopic (exact) mass is 392 g/mol. The Kier molecular flexibility index (Phi) is 3.38. The summed E-state index contributed by atoms with van der Waals surface area (Å²) in [7, 11) is 2.67. The van der Waals surface area contributed by atoms with Crippen LogP contribution in [0.15, 0.2) is 0 Å². The number of rotatable bonds is 6. The number of hydrogen-bond donors (Lipinski definition) is 0. The topological polar surface area (TPSA) is 105 Å². The summed E-state index contributed by atoms with van der Waals surface area (Å²) in [5.74, 6) is -1.88. The van der Waals surface area contributed by atoms with Gasteiger partial charge >= 0.3 is 23.9 Å². The summed E-state index contributed by atoms with van der Waals surface area (Å²) in [4.78, 5) is 48.4. The van der Waals surface area contributed by atoms with Crippen LogP contribution in [-0.2, 0) is 38.1 Å². The Bertz CT molecular complexity index is 716. The first kappa shape index (κ1) is 17.9. The van der Waals surface area contributed by atoms with Crippen molar-refractivity contribution < 1.29 is 38.1 Å². The van der Waals surface area contributed by atoms with Gasteiger partial charge in [0.05, 0.1) is 39.3 Å². The molecule has 6 rings (SSSR count). The molecule has 2 unspecified atom stereocenters. The minimum atomic E-state index is -0.550. The Balaban J connectivity index is 1.57. The first-order chi connectivity index (χ1) is 13.3. The van der Waals surface area contributed by atoms with E-state index in [9.17, 15) is 19.2 Å². The van der Waals surface area contributed by atoms with E-state index in [-0.39, 0.29) is 83.4 Å². The predicted molar refractivity (Wildman–Crippen MR) is 90.1 cm³/mol. The zero-order valence-electron chi connectivity index (χ0n) is 16.3. The van der Waals surface area contributed by atoms with Crippen LogP contribution in [0.3, 0.4) is 0 Å². The molecule has 0 saturated heterocycles. The van der Waals surface area contributed by atoms with Crippen LogP contribution < -0.4 is 0 Å². The zero-order valence-corrected chi connectivity index (χ0v) is 16.3. The smallest absolute Gasteiger partial charge is 0.309 e. The fourth-order valence-electron chi connectivity index (χ4n) is 8.37. The third-order valence-electron chi connectivity index (χ3n) is 8.65. The van der Waals surface area contributed by atoms with Gasteiger partial charge in [-0.1, -0.05) is 0 Å². The van der Waals surface area contributed by atoms with Gasteiger partial charge in [-0.2, -0.15) is 0 Å². The molecule has 0 spiro atoms. The molecular formula is C20H24O8. The lowest BCUT2D eigenvalue weighted by Gasteiger charge is -2.44. The summed E-state index contributed by atoms with van der Waals surface area (Å²) in [6, 6.07) is 0. The average molecular weight is 392 g/mol. The highest BCUT2D eigenvalue weighted by Gasteiger charge is 3.05. The highest BCUT2D eigenvalue weighted by Crippen LogP contribution is 3.03. The van der Waals surface area contributed by atoms with Crippen LogP contribution in [0, 0.1) is 58.2 Å². The van der Waals surface area contributed by atoms with Crippen molar-refractivity contribution in [1.82, 2.24) is 0 Å². The van der Waals surface area contributed by atoms with Crippen LogP contribution in [0.5, 0.6) is 0 Å². The molecule has 0 amide bonds. The van der Waals surface area contributed by atoms with Crippen molar-refractivity contribution in [1.29, 1.82) is 0 Å². The van der Waals surface area contributed by atoms with E-state index in [4.69, 9.17) is 18.9 Å². The first-order valence-electron chi connectivity index (χ1n) is 9.72. The van der Waals surface area contributed by atoms with Gasteiger partial charge < -0.3 is 18.9 Å². The summed E-state index contributed by atoms with van der Waals surface area (Å²) in [6.45, 7) is 3.25. The van der Waals surface area contributed by atoms with Crippen molar-refractivity contribution in [2.24, 2.45) is 58.2 Å². The Labute approximate surface area is 162 Å². The lowest BCUT2D eigenvalue weighted by molar-refractivity contribution is -0.171. The predicted octanol–water partition coefficient (Wildman–Crippen LogP) is 0.429. The molecule has 8 heteroatoms. The van der Waals surface area contributed by atoms with Gasteiger partial charge in [-0.15, -0.1) is 0 Å². The molecule has 0 N–H and O–H groups in total. The molecule has 152 valence electrons. The van der Waals surface area contributed by atoms with Crippen LogP contribution in [-0.4, -0.2) is 51.3 Å². The fourth-order valence-corrected chi connectivity index (χ4v) is 8.37. The van der Waals surface area contributed by atoms with Crippen molar-refractivity contribution >= 4 is 23.9 Å². The van der Waals surface area contributed by atoms with E-state index < -0.39 is 11.8 Å². The van der Waals surface area contributed by atoms with Crippen LogP contribution >= 0.6 is 0 Å². The molecule has 8 nitrogen and oxygen atoms in total.